The SMILES string of the molecule is COc1cc(Br)cc(CNC(C(=O)O)C(C)C)c1OC(C)C. The van der Waals surface area contributed by atoms with Crippen molar-refractivity contribution in [3.8, 4) is 11.5 Å². The van der Waals surface area contributed by atoms with Crippen LogP contribution in [0.3, 0.4) is 0 Å². The Kier molecular flexibility index (Phi) is 7.16. The molecule has 1 aromatic rings. The maximum Gasteiger partial charge on any atom is 0.320 e. The molecule has 0 aliphatic rings. The van der Waals surface area contributed by atoms with E-state index in [0.29, 0.717) is 18.0 Å². The first-order valence-electron chi connectivity index (χ1n) is 7.25. The average Bonchev–Trinajstić information content (AvgIpc) is 2.39. The molecule has 0 bridgehead atoms. The third kappa shape index (κ3) is 5.18. The van der Waals surface area contributed by atoms with Gasteiger partial charge in [-0.05, 0) is 31.9 Å². The summed E-state index contributed by atoms with van der Waals surface area (Å²) in [6, 6.07) is 3.13. The molecule has 5 nitrogen and oxygen atoms in total. The predicted molar refractivity (Wildman–Crippen MR) is 89.6 cm³/mol. The van der Waals surface area contributed by atoms with E-state index in [2.05, 4.69) is 21.2 Å². The van der Waals surface area contributed by atoms with Gasteiger partial charge in [-0.2, -0.15) is 0 Å². The molecule has 2 N–H and O–H groups in total. The van der Waals surface area contributed by atoms with Gasteiger partial charge in [0, 0.05) is 16.6 Å². The number of nitrogens with one attached hydrogen (secondary N) is 1. The Balaban J connectivity index is 3.06. The van der Waals surface area contributed by atoms with Crippen molar-refractivity contribution in [2.24, 2.45) is 5.92 Å². The molecule has 1 atom stereocenters. The van der Waals surface area contributed by atoms with Gasteiger partial charge in [-0.25, -0.2) is 0 Å². The Labute approximate surface area is 140 Å². The van der Waals surface area contributed by atoms with Gasteiger partial charge in [-0.1, -0.05) is 29.8 Å². The Morgan fingerprint density at radius 1 is 1.32 bits per heavy atom. The van der Waals surface area contributed by atoms with Crippen LogP contribution in [-0.4, -0.2) is 30.3 Å². The highest BCUT2D eigenvalue weighted by atomic mass is 79.9. The van der Waals surface area contributed by atoms with Crippen molar-refractivity contribution in [1.82, 2.24) is 5.32 Å². The van der Waals surface area contributed by atoms with Gasteiger partial charge in [0.05, 0.1) is 13.2 Å². The molecule has 124 valence electrons. The maximum atomic E-state index is 11.3. The zero-order chi connectivity index (χ0) is 16.9. The molecule has 1 aromatic carbocycles. The number of ether oxygens (including phenoxy) is 2. The second kappa shape index (κ2) is 8.39. The molecule has 0 aliphatic heterocycles. The van der Waals surface area contributed by atoms with Crippen LogP contribution in [0, 0.1) is 5.92 Å². The molecular weight excluding hydrogens is 350 g/mol. The van der Waals surface area contributed by atoms with Crippen LogP contribution in [0.15, 0.2) is 16.6 Å². The fourth-order valence-electron chi connectivity index (χ4n) is 2.10. The molecule has 0 saturated carbocycles. The molecule has 0 fully saturated rings. The Hall–Kier alpha value is -1.27. The lowest BCUT2D eigenvalue weighted by Gasteiger charge is -2.21. The molecule has 0 aromatic heterocycles. The lowest BCUT2D eigenvalue weighted by Crippen LogP contribution is -2.40. The number of carboxylic acids is 1. The number of benzene rings is 1. The van der Waals surface area contributed by atoms with Crippen LogP contribution < -0.4 is 14.8 Å². The summed E-state index contributed by atoms with van der Waals surface area (Å²) in [5.74, 6) is 0.390. The summed E-state index contributed by atoms with van der Waals surface area (Å²) < 4.78 is 12.1. The molecule has 0 saturated heterocycles. The van der Waals surface area contributed by atoms with E-state index in [-0.39, 0.29) is 12.0 Å². The monoisotopic (exact) mass is 373 g/mol. The number of carbonyl (C=O) groups is 1. The van der Waals surface area contributed by atoms with Crippen molar-refractivity contribution < 1.29 is 19.4 Å². The van der Waals surface area contributed by atoms with Gasteiger partial charge in [0.1, 0.15) is 6.04 Å². The van der Waals surface area contributed by atoms with Gasteiger partial charge >= 0.3 is 5.97 Å². The van der Waals surface area contributed by atoms with Gasteiger partial charge in [-0.3, -0.25) is 10.1 Å². The van der Waals surface area contributed by atoms with Crippen molar-refractivity contribution in [2.45, 2.75) is 46.4 Å². The molecular formula is C16H24BrNO4. The summed E-state index contributed by atoms with van der Waals surface area (Å²) in [7, 11) is 1.58. The third-order valence-corrected chi connectivity index (χ3v) is 3.57. The van der Waals surface area contributed by atoms with Crippen molar-refractivity contribution in [3.63, 3.8) is 0 Å². The molecule has 0 aliphatic carbocycles. The van der Waals surface area contributed by atoms with Crippen LogP contribution in [0.2, 0.25) is 0 Å². The summed E-state index contributed by atoms with van der Waals surface area (Å²) in [5, 5.41) is 12.3. The number of rotatable bonds is 8. The molecule has 6 heteroatoms. The maximum absolute atomic E-state index is 11.3. The molecule has 1 rings (SSSR count). The number of aliphatic carboxylic acids is 1. The lowest BCUT2D eigenvalue weighted by molar-refractivity contribution is -0.140. The topological polar surface area (TPSA) is 67.8 Å². The van der Waals surface area contributed by atoms with E-state index in [4.69, 9.17) is 9.47 Å². The van der Waals surface area contributed by atoms with Crippen LogP contribution in [0.4, 0.5) is 0 Å². The molecule has 0 radical (unpaired) electrons. The van der Waals surface area contributed by atoms with Gasteiger partial charge in [0.15, 0.2) is 11.5 Å². The van der Waals surface area contributed by atoms with E-state index in [0.717, 1.165) is 10.0 Å². The summed E-state index contributed by atoms with van der Waals surface area (Å²) in [5.41, 5.74) is 0.854. The van der Waals surface area contributed by atoms with Crippen LogP contribution >= 0.6 is 15.9 Å². The van der Waals surface area contributed by atoms with Gasteiger partial charge in [-0.15, -0.1) is 0 Å². The zero-order valence-electron chi connectivity index (χ0n) is 13.6. The highest BCUT2D eigenvalue weighted by Crippen LogP contribution is 2.35. The van der Waals surface area contributed by atoms with E-state index < -0.39 is 12.0 Å². The van der Waals surface area contributed by atoms with Gasteiger partial charge < -0.3 is 14.6 Å². The number of carboxylic acid groups (broad SMARTS) is 1. The summed E-state index contributed by atoms with van der Waals surface area (Å²) in [6.45, 7) is 8.00. The average molecular weight is 374 g/mol. The minimum atomic E-state index is -0.858. The summed E-state index contributed by atoms with van der Waals surface area (Å²) in [4.78, 5) is 11.3. The minimum absolute atomic E-state index is 0.00538. The van der Waals surface area contributed by atoms with Gasteiger partial charge in [0.2, 0.25) is 0 Å². The minimum Gasteiger partial charge on any atom is -0.493 e. The van der Waals surface area contributed by atoms with Crippen molar-refractivity contribution >= 4 is 21.9 Å². The first-order chi connectivity index (χ1) is 10.3. The first kappa shape index (κ1) is 18.8. The van der Waals surface area contributed by atoms with Crippen LogP contribution in [0.1, 0.15) is 33.3 Å². The smallest absolute Gasteiger partial charge is 0.320 e. The quantitative estimate of drug-likeness (QED) is 0.730. The Bertz CT molecular complexity index is 517. The molecule has 1 unspecified atom stereocenters. The third-order valence-electron chi connectivity index (χ3n) is 3.12. The van der Waals surface area contributed by atoms with Crippen LogP contribution in [0.5, 0.6) is 11.5 Å². The van der Waals surface area contributed by atoms with E-state index in [1.54, 1.807) is 7.11 Å². The number of halogens is 1. The highest BCUT2D eigenvalue weighted by Gasteiger charge is 2.22. The predicted octanol–water partition coefficient (Wildman–Crippen LogP) is 3.44. The second-order valence-corrected chi connectivity index (χ2v) is 6.62. The van der Waals surface area contributed by atoms with E-state index >= 15 is 0 Å². The first-order valence-corrected chi connectivity index (χ1v) is 8.04. The number of hydrogen-bond acceptors (Lipinski definition) is 4. The largest absolute Gasteiger partial charge is 0.493 e. The van der Waals surface area contributed by atoms with Crippen molar-refractivity contribution in [3.05, 3.63) is 22.2 Å². The fourth-order valence-corrected chi connectivity index (χ4v) is 2.59. The normalized spacial score (nSPS) is 12.5. The van der Waals surface area contributed by atoms with Crippen molar-refractivity contribution in [1.29, 1.82) is 0 Å². The van der Waals surface area contributed by atoms with Crippen LogP contribution in [0.25, 0.3) is 0 Å². The molecule has 0 spiro atoms. The fraction of sp³-hybridized carbons (Fsp3) is 0.562. The van der Waals surface area contributed by atoms with E-state index in [1.807, 2.05) is 39.8 Å². The lowest BCUT2D eigenvalue weighted by atomic mass is 10.0. The van der Waals surface area contributed by atoms with Crippen molar-refractivity contribution in [2.75, 3.05) is 7.11 Å². The summed E-state index contributed by atoms with van der Waals surface area (Å²) >= 11 is 3.44. The zero-order valence-corrected chi connectivity index (χ0v) is 15.2. The number of methoxy groups -OCH3 is 1. The second-order valence-electron chi connectivity index (χ2n) is 5.70. The molecule has 0 amide bonds. The Morgan fingerprint density at radius 3 is 2.41 bits per heavy atom. The van der Waals surface area contributed by atoms with Gasteiger partial charge in [0.25, 0.3) is 0 Å². The van der Waals surface area contributed by atoms with E-state index in [9.17, 15) is 9.90 Å². The standard InChI is InChI=1S/C16H24BrNO4/c1-9(2)14(16(19)20)18-8-11-6-12(17)7-13(21-5)15(11)22-10(3)4/h6-7,9-10,14,18H,8H2,1-5H3,(H,19,20). The van der Waals surface area contributed by atoms with Crippen LogP contribution in [-0.2, 0) is 11.3 Å². The molecule has 22 heavy (non-hydrogen) atoms. The Morgan fingerprint density at radius 2 is 1.95 bits per heavy atom. The molecule has 0 heterocycles. The highest BCUT2D eigenvalue weighted by molar-refractivity contribution is 9.10. The number of hydrogen-bond donors (Lipinski definition) is 2. The van der Waals surface area contributed by atoms with E-state index in [1.165, 1.54) is 0 Å². The summed E-state index contributed by atoms with van der Waals surface area (Å²) in [6.07, 6.45) is -0.00538.